The van der Waals surface area contributed by atoms with Crippen LogP contribution in [0.2, 0.25) is 0 Å². The lowest BCUT2D eigenvalue weighted by molar-refractivity contribution is -0.141. The predicted molar refractivity (Wildman–Crippen MR) is 61.0 cm³/mol. The molecule has 0 spiro atoms. The molecule has 1 fully saturated rings. The van der Waals surface area contributed by atoms with E-state index in [1.165, 1.54) is 0 Å². The highest BCUT2D eigenvalue weighted by Crippen LogP contribution is 2.27. The second kappa shape index (κ2) is 5.32. The Morgan fingerprint density at radius 1 is 1.56 bits per heavy atom. The van der Waals surface area contributed by atoms with E-state index in [0.29, 0.717) is 6.42 Å². The van der Waals surface area contributed by atoms with Gasteiger partial charge in [0.2, 0.25) is 5.91 Å². The summed E-state index contributed by atoms with van der Waals surface area (Å²) in [6.45, 7) is 5.94. The van der Waals surface area contributed by atoms with Gasteiger partial charge in [-0.15, -0.1) is 0 Å². The summed E-state index contributed by atoms with van der Waals surface area (Å²) in [5, 5.41) is 8.86. The molecule has 0 radical (unpaired) electrons. The average molecular weight is 227 g/mol. The number of carboxylic acids is 1. The van der Waals surface area contributed by atoms with Crippen molar-refractivity contribution in [1.82, 2.24) is 4.90 Å². The summed E-state index contributed by atoms with van der Waals surface area (Å²) in [5.41, 5.74) is 0. The van der Waals surface area contributed by atoms with Gasteiger partial charge in [0.25, 0.3) is 0 Å². The summed E-state index contributed by atoms with van der Waals surface area (Å²) in [5.74, 6) is -0.517. The van der Waals surface area contributed by atoms with Gasteiger partial charge in [0.1, 0.15) is 0 Å². The summed E-state index contributed by atoms with van der Waals surface area (Å²) in [4.78, 5) is 24.5. The van der Waals surface area contributed by atoms with Crippen LogP contribution >= 0.6 is 0 Å². The van der Waals surface area contributed by atoms with Crippen molar-refractivity contribution >= 4 is 11.9 Å². The number of aliphatic carboxylic acids is 1. The molecule has 4 heteroatoms. The summed E-state index contributed by atoms with van der Waals surface area (Å²) >= 11 is 0. The van der Waals surface area contributed by atoms with Gasteiger partial charge in [0, 0.05) is 18.5 Å². The Kier molecular flexibility index (Phi) is 4.33. The van der Waals surface area contributed by atoms with E-state index in [1.807, 2.05) is 25.7 Å². The molecular formula is C12H21NO3. The standard InChI is InChI=1S/C12H21NO3/c1-8(2)13-9(3)10(7-12(15)16)5-4-6-11(13)14/h8-10H,4-7H2,1-3H3,(H,15,16)/t9-,10-/m1/s1. The Morgan fingerprint density at radius 3 is 2.69 bits per heavy atom. The van der Waals surface area contributed by atoms with Crippen LogP contribution in [-0.4, -0.2) is 34.0 Å². The second-order valence-corrected chi connectivity index (χ2v) is 4.89. The molecule has 0 aromatic heterocycles. The number of likely N-dealkylation sites (tertiary alicyclic amines) is 1. The van der Waals surface area contributed by atoms with E-state index in [2.05, 4.69) is 0 Å². The Bertz CT molecular complexity index is 275. The first-order valence-corrected chi connectivity index (χ1v) is 5.96. The molecule has 4 nitrogen and oxygen atoms in total. The molecule has 1 aliphatic rings. The molecule has 1 saturated heterocycles. The van der Waals surface area contributed by atoms with Crippen LogP contribution in [0.3, 0.4) is 0 Å². The number of rotatable bonds is 3. The molecule has 0 saturated carbocycles. The highest BCUT2D eigenvalue weighted by atomic mass is 16.4. The summed E-state index contributed by atoms with van der Waals surface area (Å²) in [6, 6.07) is 0.183. The predicted octanol–water partition coefficient (Wildman–Crippen LogP) is 1.89. The second-order valence-electron chi connectivity index (χ2n) is 4.89. The van der Waals surface area contributed by atoms with Crippen molar-refractivity contribution in [2.75, 3.05) is 0 Å². The fourth-order valence-electron chi connectivity index (χ4n) is 2.60. The third kappa shape index (κ3) is 2.97. The minimum atomic E-state index is -0.769. The molecule has 1 amide bonds. The van der Waals surface area contributed by atoms with Gasteiger partial charge in [-0.3, -0.25) is 9.59 Å². The maximum atomic E-state index is 11.9. The molecule has 0 aliphatic carbocycles. The van der Waals surface area contributed by atoms with E-state index in [-0.39, 0.29) is 30.3 Å². The molecule has 1 aliphatic heterocycles. The molecule has 92 valence electrons. The highest BCUT2D eigenvalue weighted by Gasteiger charge is 2.32. The molecule has 0 bridgehead atoms. The van der Waals surface area contributed by atoms with Gasteiger partial charge in [-0.05, 0) is 39.5 Å². The van der Waals surface area contributed by atoms with Crippen LogP contribution in [0, 0.1) is 5.92 Å². The van der Waals surface area contributed by atoms with Crippen LogP contribution in [0.15, 0.2) is 0 Å². The molecular weight excluding hydrogens is 206 g/mol. The smallest absolute Gasteiger partial charge is 0.303 e. The Morgan fingerprint density at radius 2 is 2.19 bits per heavy atom. The van der Waals surface area contributed by atoms with Crippen molar-refractivity contribution in [3.8, 4) is 0 Å². The first-order valence-electron chi connectivity index (χ1n) is 5.96. The van der Waals surface area contributed by atoms with Crippen LogP contribution in [0.1, 0.15) is 46.5 Å². The fourth-order valence-corrected chi connectivity index (χ4v) is 2.60. The van der Waals surface area contributed by atoms with Crippen molar-refractivity contribution in [2.45, 2.75) is 58.5 Å². The van der Waals surface area contributed by atoms with Crippen molar-refractivity contribution in [2.24, 2.45) is 5.92 Å². The minimum Gasteiger partial charge on any atom is -0.481 e. The zero-order valence-corrected chi connectivity index (χ0v) is 10.3. The normalized spacial score (nSPS) is 27.0. The number of hydrogen-bond acceptors (Lipinski definition) is 2. The zero-order chi connectivity index (χ0) is 12.3. The first-order chi connectivity index (χ1) is 7.43. The lowest BCUT2D eigenvalue weighted by atomic mass is 9.92. The topological polar surface area (TPSA) is 57.6 Å². The molecule has 16 heavy (non-hydrogen) atoms. The highest BCUT2D eigenvalue weighted by molar-refractivity contribution is 5.77. The molecule has 0 aromatic carbocycles. The molecule has 1 heterocycles. The van der Waals surface area contributed by atoms with Gasteiger partial charge in [-0.2, -0.15) is 0 Å². The van der Waals surface area contributed by atoms with Gasteiger partial charge in [0.15, 0.2) is 0 Å². The van der Waals surface area contributed by atoms with Crippen LogP contribution in [-0.2, 0) is 9.59 Å². The van der Waals surface area contributed by atoms with Gasteiger partial charge in [-0.25, -0.2) is 0 Å². The first kappa shape index (κ1) is 13.0. The molecule has 2 atom stereocenters. The molecule has 1 rings (SSSR count). The Labute approximate surface area is 96.6 Å². The van der Waals surface area contributed by atoms with E-state index < -0.39 is 5.97 Å². The monoisotopic (exact) mass is 227 g/mol. The SMILES string of the molecule is CC(C)N1C(=O)CCC[C@H](CC(=O)O)[C@H]1C. The average Bonchev–Trinajstić information content (AvgIpc) is 2.26. The van der Waals surface area contributed by atoms with Crippen molar-refractivity contribution in [1.29, 1.82) is 0 Å². The van der Waals surface area contributed by atoms with Crippen molar-refractivity contribution in [3.05, 3.63) is 0 Å². The minimum absolute atomic E-state index is 0.0334. The van der Waals surface area contributed by atoms with E-state index in [0.717, 1.165) is 12.8 Å². The van der Waals surface area contributed by atoms with E-state index in [4.69, 9.17) is 5.11 Å². The summed E-state index contributed by atoms with van der Waals surface area (Å²) in [6.07, 6.45) is 2.36. The quantitative estimate of drug-likeness (QED) is 0.801. The zero-order valence-electron chi connectivity index (χ0n) is 10.3. The number of amides is 1. The van der Waals surface area contributed by atoms with Gasteiger partial charge < -0.3 is 10.0 Å². The molecule has 0 unspecified atom stereocenters. The van der Waals surface area contributed by atoms with Crippen molar-refractivity contribution < 1.29 is 14.7 Å². The maximum absolute atomic E-state index is 11.9. The van der Waals surface area contributed by atoms with Crippen LogP contribution in [0.4, 0.5) is 0 Å². The fraction of sp³-hybridized carbons (Fsp3) is 0.833. The van der Waals surface area contributed by atoms with Crippen molar-refractivity contribution in [3.63, 3.8) is 0 Å². The Balaban J connectivity index is 2.81. The van der Waals surface area contributed by atoms with E-state index in [1.54, 1.807) is 0 Å². The van der Waals surface area contributed by atoms with E-state index >= 15 is 0 Å². The number of nitrogens with zero attached hydrogens (tertiary/aromatic N) is 1. The third-order valence-corrected chi connectivity index (χ3v) is 3.37. The Hall–Kier alpha value is -1.06. The molecule has 0 aromatic rings. The van der Waals surface area contributed by atoms with Gasteiger partial charge >= 0.3 is 5.97 Å². The van der Waals surface area contributed by atoms with Gasteiger partial charge in [0.05, 0.1) is 6.42 Å². The van der Waals surface area contributed by atoms with Crippen LogP contribution in [0.5, 0.6) is 0 Å². The lowest BCUT2D eigenvalue weighted by Crippen LogP contribution is -2.45. The number of carbonyl (C=O) groups excluding carboxylic acids is 1. The third-order valence-electron chi connectivity index (χ3n) is 3.37. The number of carbonyl (C=O) groups is 2. The van der Waals surface area contributed by atoms with Crippen LogP contribution in [0.25, 0.3) is 0 Å². The summed E-state index contributed by atoms with van der Waals surface area (Å²) in [7, 11) is 0. The van der Waals surface area contributed by atoms with Gasteiger partial charge in [-0.1, -0.05) is 0 Å². The summed E-state index contributed by atoms with van der Waals surface area (Å²) < 4.78 is 0. The van der Waals surface area contributed by atoms with Crippen LogP contribution < -0.4 is 0 Å². The van der Waals surface area contributed by atoms with E-state index in [9.17, 15) is 9.59 Å². The number of carboxylic acid groups (broad SMARTS) is 1. The molecule has 1 N–H and O–H groups in total. The largest absolute Gasteiger partial charge is 0.481 e. The number of hydrogen-bond donors (Lipinski definition) is 1. The lowest BCUT2D eigenvalue weighted by Gasteiger charge is -2.35. The maximum Gasteiger partial charge on any atom is 0.303 e.